The molecule has 47 heavy (non-hydrogen) atoms. The van der Waals surface area contributed by atoms with Gasteiger partial charge in [0, 0.05) is 40.8 Å². The van der Waals surface area contributed by atoms with Crippen LogP contribution in [0.4, 0.5) is 0 Å². The minimum absolute atomic E-state index is 0.950. The summed E-state index contributed by atoms with van der Waals surface area (Å²) in [5.74, 6) is 0.950. The van der Waals surface area contributed by atoms with Crippen molar-refractivity contribution in [2.75, 3.05) is 0 Å². The van der Waals surface area contributed by atoms with E-state index in [0.29, 0.717) is 0 Å². The molecule has 0 atom stereocenters. The van der Waals surface area contributed by atoms with Crippen LogP contribution in [0.3, 0.4) is 0 Å². The molecule has 0 saturated heterocycles. The van der Waals surface area contributed by atoms with Crippen molar-refractivity contribution in [3.8, 4) is 50.6 Å². The zero-order chi connectivity index (χ0) is 31.3. The topological polar surface area (TPSA) is 35.6 Å². The number of rotatable bonds is 5. The highest BCUT2D eigenvalue weighted by molar-refractivity contribution is 6.11. The minimum atomic E-state index is 0.950. The molecular formula is C43H30N4. The van der Waals surface area contributed by atoms with Crippen LogP contribution in [-0.4, -0.2) is 19.1 Å². The Hall–Kier alpha value is -6.26. The lowest BCUT2D eigenvalue weighted by atomic mass is 9.99. The molecule has 0 spiro atoms. The third-order valence-electron chi connectivity index (χ3n) is 9.20. The number of nitrogens with zero attached hydrogens (tertiary/aromatic N) is 4. The van der Waals surface area contributed by atoms with Crippen molar-refractivity contribution in [2.45, 2.75) is 0 Å². The van der Waals surface area contributed by atoms with Crippen molar-refractivity contribution in [1.29, 1.82) is 0 Å². The highest BCUT2D eigenvalue weighted by Gasteiger charge is 2.17. The smallest absolute Gasteiger partial charge is 0.140 e. The van der Waals surface area contributed by atoms with Gasteiger partial charge in [0.1, 0.15) is 5.82 Å². The number of fused-ring (bicyclic) bond motifs is 4. The summed E-state index contributed by atoms with van der Waals surface area (Å²) < 4.78 is 4.56. The average Bonchev–Trinajstić information content (AvgIpc) is 3.66. The average molecular weight is 603 g/mol. The largest absolute Gasteiger partial charge is 0.327 e. The molecule has 3 heterocycles. The molecule has 0 N–H and O–H groups in total. The van der Waals surface area contributed by atoms with Gasteiger partial charge in [-0.1, -0.05) is 103 Å². The Labute approximate surface area is 272 Å². The first-order chi connectivity index (χ1) is 23.2. The zero-order valence-electron chi connectivity index (χ0n) is 25.9. The van der Waals surface area contributed by atoms with Crippen LogP contribution in [0.25, 0.3) is 83.4 Å². The molecular weight excluding hydrogens is 573 g/mol. The van der Waals surface area contributed by atoms with Crippen LogP contribution in [-0.2, 0) is 7.05 Å². The fourth-order valence-electron chi connectivity index (χ4n) is 6.85. The monoisotopic (exact) mass is 602 g/mol. The van der Waals surface area contributed by atoms with E-state index in [0.717, 1.165) is 50.4 Å². The molecule has 4 nitrogen and oxygen atoms in total. The molecule has 222 valence electrons. The summed E-state index contributed by atoms with van der Waals surface area (Å²) in [6.45, 7) is 0. The summed E-state index contributed by atoms with van der Waals surface area (Å²) in [6.07, 6.45) is 1.85. The third-order valence-corrected chi connectivity index (χ3v) is 9.20. The van der Waals surface area contributed by atoms with Crippen LogP contribution in [0.1, 0.15) is 0 Å². The summed E-state index contributed by atoms with van der Waals surface area (Å²) in [5, 5.41) is 2.41. The highest BCUT2D eigenvalue weighted by atomic mass is 15.1. The zero-order valence-corrected chi connectivity index (χ0v) is 25.9. The number of aromatic nitrogens is 4. The van der Waals surface area contributed by atoms with E-state index in [1.807, 2.05) is 24.4 Å². The Morgan fingerprint density at radius 3 is 1.96 bits per heavy atom. The lowest BCUT2D eigenvalue weighted by Gasteiger charge is -2.11. The van der Waals surface area contributed by atoms with Crippen LogP contribution < -0.4 is 0 Å². The Bertz CT molecular complexity index is 2560. The number of aryl methyl sites for hydroxylation is 1. The Balaban J connectivity index is 1.24. The Morgan fingerprint density at radius 2 is 1.15 bits per heavy atom. The van der Waals surface area contributed by atoms with E-state index in [2.05, 4.69) is 161 Å². The van der Waals surface area contributed by atoms with Gasteiger partial charge in [-0.15, -0.1) is 0 Å². The molecule has 0 aliphatic carbocycles. The van der Waals surface area contributed by atoms with Crippen molar-refractivity contribution < 1.29 is 0 Å². The maximum atomic E-state index is 5.03. The summed E-state index contributed by atoms with van der Waals surface area (Å²) >= 11 is 0. The van der Waals surface area contributed by atoms with Crippen LogP contribution in [0.15, 0.2) is 164 Å². The quantitative estimate of drug-likeness (QED) is 0.196. The van der Waals surface area contributed by atoms with E-state index in [-0.39, 0.29) is 0 Å². The van der Waals surface area contributed by atoms with E-state index in [9.17, 15) is 0 Å². The van der Waals surface area contributed by atoms with Gasteiger partial charge in [0.2, 0.25) is 0 Å². The second-order valence-corrected chi connectivity index (χ2v) is 12.0. The first-order valence-electron chi connectivity index (χ1n) is 15.9. The maximum absolute atomic E-state index is 5.03. The van der Waals surface area contributed by atoms with Crippen molar-refractivity contribution in [3.63, 3.8) is 0 Å². The molecule has 0 aliphatic heterocycles. The molecule has 0 unspecified atom stereocenters. The molecule has 6 aromatic carbocycles. The Kier molecular flexibility index (Phi) is 6.32. The molecule has 0 fully saturated rings. The van der Waals surface area contributed by atoms with Gasteiger partial charge in [0.25, 0.3) is 0 Å². The standard InChI is InChI=1S/C43H30N4/c1-46-41-16-6-5-15-39(41)45-43(46)34-21-23-36-37-27-32(31-19-17-30(18-20-31)29-10-3-2-4-11-29)22-24-40(37)47(42(36)28-34)35-13-9-12-33(26-35)38-14-7-8-25-44-38/h2-28H,1H3. The van der Waals surface area contributed by atoms with Gasteiger partial charge >= 0.3 is 0 Å². The predicted molar refractivity (Wildman–Crippen MR) is 195 cm³/mol. The normalized spacial score (nSPS) is 11.5. The fraction of sp³-hybridized carbons (Fsp3) is 0.0233. The number of para-hydroxylation sites is 2. The lowest BCUT2D eigenvalue weighted by molar-refractivity contribution is 0.959. The van der Waals surface area contributed by atoms with Gasteiger partial charge in [-0.25, -0.2) is 4.98 Å². The summed E-state index contributed by atoms with van der Waals surface area (Å²) in [6, 6.07) is 56.0. The Morgan fingerprint density at radius 1 is 0.447 bits per heavy atom. The maximum Gasteiger partial charge on any atom is 0.140 e. The van der Waals surface area contributed by atoms with E-state index < -0.39 is 0 Å². The first kappa shape index (κ1) is 27.1. The van der Waals surface area contributed by atoms with Crippen molar-refractivity contribution in [1.82, 2.24) is 19.1 Å². The minimum Gasteiger partial charge on any atom is -0.327 e. The second-order valence-electron chi connectivity index (χ2n) is 12.0. The van der Waals surface area contributed by atoms with Crippen LogP contribution >= 0.6 is 0 Å². The van der Waals surface area contributed by atoms with Crippen molar-refractivity contribution in [2.24, 2.45) is 7.05 Å². The van der Waals surface area contributed by atoms with Crippen LogP contribution in [0.2, 0.25) is 0 Å². The van der Waals surface area contributed by atoms with E-state index in [1.54, 1.807) is 0 Å². The van der Waals surface area contributed by atoms with Gasteiger partial charge in [0.05, 0.1) is 27.8 Å². The van der Waals surface area contributed by atoms with Gasteiger partial charge in [0.15, 0.2) is 0 Å². The van der Waals surface area contributed by atoms with E-state index in [4.69, 9.17) is 4.98 Å². The van der Waals surface area contributed by atoms with E-state index in [1.165, 1.54) is 33.0 Å². The van der Waals surface area contributed by atoms with Crippen LogP contribution in [0, 0.1) is 0 Å². The molecule has 4 heteroatoms. The van der Waals surface area contributed by atoms with Gasteiger partial charge in [-0.3, -0.25) is 4.98 Å². The van der Waals surface area contributed by atoms with Crippen LogP contribution in [0.5, 0.6) is 0 Å². The highest BCUT2D eigenvalue weighted by Crippen LogP contribution is 2.38. The molecule has 0 radical (unpaired) electrons. The van der Waals surface area contributed by atoms with Crippen molar-refractivity contribution >= 4 is 32.8 Å². The van der Waals surface area contributed by atoms with E-state index >= 15 is 0 Å². The molecule has 0 saturated carbocycles. The lowest BCUT2D eigenvalue weighted by Crippen LogP contribution is -1.96. The molecule has 3 aromatic heterocycles. The SMILES string of the molecule is Cn1c(-c2ccc3c4cc(-c5ccc(-c6ccccc6)cc5)ccc4n(-c4cccc(-c5ccccn5)c4)c3c2)nc2ccccc21. The van der Waals surface area contributed by atoms with Crippen molar-refractivity contribution in [3.05, 3.63) is 164 Å². The summed E-state index contributed by atoms with van der Waals surface area (Å²) in [5.41, 5.74) is 13.5. The number of hydrogen-bond donors (Lipinski definition) is 0. The predicted octanol–water partition coefficient (Wildman–Crippen LogP) is 10.7. The fourth-order valence-corrected chi connectivity index (χ4v) is 6.85. The molecule has 0 amide bonds. The van der Waals surface area contributed by atoms with Gasteiger partial charge in [-0.2, -0.15) is 0 Å². The molecule has 9 rings (SSSR count). The summed E-state index contributed by atoms with van der Waals surface area (Å²) in [4.78, 5) is 9.66. The number of pyridine rings is 1. The molecule has 9 aromatic rings. The number of imidazole rings is 1. The second kappa shape index (κ2) is 11.0. The van der Waals surface area contributed by atoms with Gasteiger partial charge in [-0.05, 0) is 76.9 Å². The molecule has 0 aliphatic rings. The first-order valence-corrected chi connectivity index (χ1v) is 15.9. The third kappa shape index (κ3) is 4.62. The molecule has 0 bridgehead atoms. The number of hydrogen-bond acceptors (Lipinski definition) is 2. The number of benzene rings is 6. The van der Waals surface area contributed by atoms with Gasteiger partial charge < -0.3 is 9.13 Å². The summed E-state index contributed by atoms with van der Waals surface area (Å²) in [7, 11) is 2.09.